The highest BCUT2D eigenvalue weighted by molar-refractivity contribution is 5.79. The van der Waals surface area contributed by atoms with Crippen LogP contribution < -0.4 is 11.3 Å². The molecule has 4 aliphatic carbocycles. The molecule has 0 saturated heterocycles. The highest BCUT2D eigenvalue weighted by atomic mass is 16.2. The van der Waals surface area contributed by atoms with Crippen molar-refractivity contribution in [2.75, 3.05) is 0 Å². The minimum Gasteiger partial charge on any atom is -0.294 e. The molecule has 0 bridgehead atoms. The Morgan fingerprint density at radius 1 is 0.913 bits per heavy atom. The Labute approximate surface area is 141 Å². The van der Waals surface area contributed by atoms with Crippen LogP contribution in [0.2, 0.25) is 0 Å². The van der Waals surface area contributed by atoms with Gasteiger partial charge in [-0.2, -0.15) is 0 Å². The second kappa shape index (κ2) is 5.47. The van der Waals surface area contributed by atoms with Gasteiger partial charge in [-0.3, -0.25) is 10.2 Å². The Hall–Kier alpha value is -0.570. The van der Waals surface area contributed by atoms with E-state index >= 15 is 0 Å². The molecule has 4 rings (SSSR count). The summed E-state index contributed by atoms with van der Waals surface area (Å²) in [4.78, 5) is 12.3. The van der Waals surface area contributed by atoms with Crippen molar-refractivity contribution in [3.05, 3.63) is 0 Å². The molecule has 23 heavy (non-hydrogen) atoms. The van der Waals surface area contributed by atoms with Crippen molar-refractivity contribution in [3.63, 3.8) is 0 Å². The molecule has 130 valence electrons. The summed E-state index contributed by atoms with van der Waals surface area (Å²) in [6, 6.07) is 0. The van der Waals surface area contributed by atoms with Gasteiger partial charge in [0, 0.05) is 5.92 Å². The maximum Gasteiger partial charge on any atom is 0.237 e. The van der Waals surface area contributed by atoms with Crippen LogP contribution in [0.1, 0.15) is 78.1 Å². The van der Waals surface area contributed by atoms with Crippen molar-refractivity contribution in [1.29, 1.82) is 0 Å². The van der Waals surface area contributed by atoms with Gasteiger partial charge in [0.05, 0.1) is 0 Å². The Morgan fingerprint density at radius 2 is 1.70 bits per heavy atom. The Bertz CT molecular complexity index is 492. The number of carbonyl (C=O) groups is 1. The molecule has 0 spiro atoms. The van der Waals surface area contributed by atoms with E-state index in [1.165, 1.54) is 57.8 Å². The standard InChI is InChI=1S/C20H34N2O/c1-19-11-4-3-5-13(19)6-7-14-15-8-9-17(18(23)22-21)20(15,2)12-10-16(14)19/h13-17H,3-12,21H2,1-2H3,(H,22,23)/t13-,14+,15+,16+,17-,19+,20+/m1/s1. The van der Waals surface area contributed by atoms with Gasteiger partial charge < -0.3 is 0 Å². The van der Waals surface area contributed by atoms with Crippen molar-refractivity contribution in [1.82, 2.24) is 5.43 Å². The molecule has 3 nitrogen and oxygen atoms in total. The van der Waals surface area contributed by atoms with Crippen LogP contribution in [0, 0.1) is 40.4 Å². The monoisotopic (exact) mass is 318 g/mol. The summed E-state index contributed by atoms with van der Waals surface area (Å²) in [6.45, 7) is 5.02. The van der Waals surface area contributed by atoms with Gasteiger partial charge in [-0.15, -0.1) is 0 Å². The third kappa shape index (κ3) is 2.14. The van der Waals surface area contributed by atoms with Gasteiger partial charge in [0.25, 0.3) is 0 Å². The number of rotatable bonds is 1. The van der Waals surface area contributed by atoms with Crippen molar-refractivity contribution >= 4 is 5.91 Å². The summed E-state index contributed by atoms with van der Waals surface area (Å²) in [5.74, 6) is 9.22. The highest BCUT2D eigenvalue weighted by Crippen LogP contribution is 2.67. The molecular weight excluding hydrogens is 284 g/mol. The molecule has 7 atom stereocenters. The van der Waals surface area contributed by atoms with Gasteiger partial charge in [0.1, 0.15) is 0 Å². The fourth-order valence-electron chi connectivity index (χ4n) is 7.83. The zero-order chi connectivity index (χ0) is 16.2. The first kappa shape index (κ1) is 15.9. The molecule has 0 aromatic rings. The number of carbonyl (C=O) groups excluding carboxylic acids is 1. The first-order chi connectivity index (χ1) is 11.0. The first-order valence-corrected chi connectivity index (χ1v) is 10.0. The molecule has 3 N–H and O–H groups in total. The second-order valence-corrected chi connectivity index (χ2v) is 9.59. The molecule has 1 amide bonds. The van der Waals surface area contributed by atoms with Crippen LogP contribution in [-0.2, 0) is 4.79 Å². The lowest BCUT2D eigenvalue weighted by Crippen LogP contribution is -2.54. The van der Waals surface area contributed by atoms with E-state index in [2.05, 4.69) is 19.3 Å². The van der Waals surface area contributed by atoms with E-state index in [9.17, 15) is 4.79 Å². The average molecular weight is 319 g/mol. The van der Waals surface area contributed by atoms with Gasteiger partial charge >= 0.3 is 0 Å². The number of hydrogen-bond acceptors (Lipinski definition) is 2. The van der Waals surface area contributed by atoms with Crippen LogP contribution in [0.15, 0.2) is 0 Å². The van der Waals surface area contributed by atoms with Crippen LogP contribution in [0.25, 0.3) is 0 Å². The minimum atomic E-state index is 0.0889. The molecule has 0 heterocycles. The van der Waals surface area contributed by atoms with Crippen LogP contribution in [0.5, 0.6) is 0 Å². The molecule has 0 aromatic carbocycles. The number of fused-ring (bicyclic) bond motifs is 5. The minimum absolute atomic E-state index is 0.0889. The van der Waals surface area contributed by atoms with Crippen molar-refractivity contribution in [2.45, 2.75) is 78.1 Å². The summed E-state index contributed by atoms with van der Waals surface area (Å²) >= 11 is 0. The van der Waals surface area contributed by atoms with Crippen molar-refractivity contribution in [3.8, 4) is 0 Å². The molecular formula is C20H34N2O. The molecule has 3 heteroatoms. The SMILES string of the molecule is C[C@]12CCCC[C@@H]1CC[C@@H]1[C@@H]2CC[C@]2(C)[C@@H](C(=O)NN)CC[C@@H]12. The van der Waals surface area contributed by atoms with Gasteiger partial charge in [0.2, 0.25) is 5.91 Å². The zero-order valence-corrected chi connectivity index (χ0v) is 14.9. The third-order valence-corrected chi connectivity index (χ3v) is 9.04. The molecule has 4 saturated carbocycles. The molecule has 0 unspecified atom stereocenters. The number of amides is 1. The molecule has 0 aliphatic heterocycles. The topological polar surface area (TPSA) is 55.1 Å². The summed E-state index contributed by atoms with van der Waals surface area (Å²) < 4.78 is 0. The maximum atomic E-state index is 12.3. The maximum absolute atomic E-state index is 12.3. The third-order valence-electron chi connectivity index (χ3n) is 9.04. The zero-order valence-electron chi connectivity index (χ0n) is 14.9. The van der Waals surface area contributed by atoms with E-state index < -0.39 is 0 Å². The molecule has 0 aromatic heterocycles. The number of nitrogens with two attached hydrogens (primary N) is 1. The smallest absolute Gasteiger partial charge is 0.237 e. The molecule has 4 fully saturated rings. The summed E-state index contributed by atoms with van der Waals surface area (Å²) in [7, 11) is 0. The van der Waals surface area contributed by atoms with Crippen LogP contribution in [0.3, 0.4) is 0 Å². The van der Waals surface area contributed by atoms with Gasteiger partial charge in [-0.1, -0.05) is 26.7 Å². The first-order valence-electron chi connectivity index (χ1n) is 10.0. The van der Waals surface area contributed by atoms with Gasteiger partial charge in [-0.25, -0.2) is 5.84 Å². The van der Waals surface area contributed by atoms with E-state index in [0.717, 1.165) is 30.1 Å². The largest absolute Gasteiger partial charge is 0.294 e. The van der Waals surface area contributed by atoms with Crippen molar-refractivity contribution < 1.29 is 4.79 Å². The Balaban J connectivity index is 1.61. The number of nitrogens with one attached hydrogen (secondary N) is 1. The number of hydrazine groups is 1. The van der Waals surface area contributed by atoms with E-state index in [-0.39, 0.29) is 17.2 Å². The number of hydrogen-bond donors (Lipinski definition) is 2. The van der Waals surface area contributed by atoms with Crippen LogP contribution >= 0.6 is 0 Å². The predicted octanol–water partition coefficient (Wildman–Crippen LogP) is 4.03. The van der Waals surface area contributed by atoms with Crippen LogP contribution in [-0.4, -0.2) is 5.91 Å². The van der Waals surface area contributed by atoms with Gasteiger partial charge in [0.15, 0.2) is 0 Å². The van der Waals surface area contributed by atoms with Crippen LogP contribution in [0.4, 0.5) is 0 Å². The van der Waals surface area contributed by atoms with Crippen molar-refractivity contribution in [2.24, 2.45) is 46.3 Å². The lowest BCUT2D eigenvalue weighted by atomic mass is 9.45. The summed E-state index contributed by atoms with van der Waals surface area (Å²) in [5, 5.41) is 0. The second-order valence-electron chi connectivity index (χ2n) is 9.59. The summed E-state index contributed by atoms with van der Waals surface area (Å²) in [6.07, 6.45) is 13.6. The van der Waals surface area contributed by atoms with E-state index in [1.807, 2.05) is 0 Å². The Kier molecular flexibility index (Phi) is 3.79. The Morgan fingerprint density at radius 3 is 2.48 bits per heavy atom. The van der Waals surface area contributed by atoms with Gasteiger partial charge in [-0.05, 0) is 85.9 Å². The lowest BCUT2D eigenvalue weighted by molar-refractivity contribution is -0.137. The van der Waals surface area contributed by atoms with E-state index in [1.54, 1.807) is 0 Å². The van der Waals surface area contributed by atoms with E-state index in [0.29, 0.717) is 5.41 Å². The lowest BCUT2D eigenvalue weighted by Gasteiger charge is -2.60. The normalized spacial score (nSPS) is 52.2. The quantitative estimate of drug-likeness (QED) is 0.436. The highest BCUT2D eigenvalue weighted by Gasteiger charge is 2.60. The van der Waals surface area contributed by atoms with E-state index in [4.69, 9.17) is 5.84 Å². The molecule has 4 aliphatic rings. The fraction of sp³-hybridized carbons (Fsp3) is 0.950. The average Bonchev–Trinajstić information content (AvgIpc) is 2.91. The fourth-order valence-corrected chi connectivity index (χ4v) is 7.83. The summed E-state index contributed by atoms with van der Waals surface area (Å²) in [5.41, 5.74) is 3.24. The molecule has 0 radical (unpaired) electrons. The predicted molar refractivity (Wildman–Crippen MR) is 92.2 cm³/mol.